The molecule has 684 valence electrons. The summed E-state index contributed by atoms with van der Waals surface area (Å²) in [6.45, 7) is 26.0. The predicted octanol–water partition coefficient (Wildman–Crippen LogP) is 19.2. The zero-order valence-electron chi connectivity index (χ0n) is 76.0. The van der Waals surface area contributed by atoms with Crippen molar-refractivity contribution in [3.63, 3.8) is 0 Å². The molecule has 0 saturated heterocycles. The monoisotopic (exact) mass is 1710 g/mol. The van der Waals surface area contributed by atoms with Crippen LogP contribution in [0.2, 0.25) is 0 Å². The van der Waals surface area contributed by atoms with Crippen molar-refractivity contribution < 1.29 is 99.5 Å². The number of unbranched alkanes of at least 4 members (excludes halogenated alkanes) is 10. The van der Waals surface area contributed by atoms with Gasteiger partial charge in [-0.05, 0) is 109 Å². The SMILES string of the molecule is CCCCCCCCOc1ccc(-c2ccc(-c3ccc(-c4cc(OCC(COCC(CO[C@@H](C)COCCOCCOC)CO[C@@H](C)COCCOCCOC)COCC(CO[C@@H](C)COCCOCCOC)CO[C@@H](C)COCCOCCOC)cc(-c5ccc(-c6ccc(-c7ccc(OCCCCCCCC)cc7)cc6)cc5)n4)cc3)cc2)cc1. The van der Waals surface area contributed by atoms with Gasteiger partial charge in [-0.2, -0.15) is 0 Å². The topological polar surface area (TPSA) is 207 Å². The third kappa shape index (κ3) is 45.4. The Labute approximate surface area is 736 Å². The maximum atomic E-state index is 7.06. The molecule has 7 rings (SSSR count). The van der Waals surface area contributed by atoms with Gasteiger partial charge in [0.05, 0.1) is 241 Å². The summed E-state index contributed by atoms with van der Waals surface area (Å²) >= 11 is 0. The fourth-order valence-electron chi connectivity index (χ4n) is 13.2. The van der Waals surface area contributed by atoms with Crippen molar-refractivity contribution >= 4 is 0 Å². The van der Waals surface area contributed by atoms with Gasteiger partial charge in [-0.3, -0.25) is 0 Å². The molecule has 0 spiro atoms. The Hall–Kier alpha value is -6.85. The van der Waals surface area contributed by atoms with Gasteiger partial charge in [0.15, 0.2) is 0 Å². The molecular weight excluding hydrogens is 1560 g/mol. The van der Waals surface area contributed by atoms with Crippen LogP contribution in [0, 0.1) is 17.8 Å². The summed E-state index contributed by atoms with van der Waals surface area (Å²) in [6, 6.07) is 55.6. The first-order chi connectivity index (χ1) is 60.5. The fourth-order valence-corrected chi connectivity index (χ4v) is 13.2. The van der Waals surface area contributed by atoms with Gasteiger partial charge in [-0.1, -0.05) is 199 Å². The van der Waals surface area contributed by atoms with Crippen molar-refractivity contribution in [1.82, 2.24) is 4.98 Å². The van der Waals surface area contributed by atoms with Crippen LogP contribution in [0.5, 0.6) is 17.2 Å². The lowest BCUT2D eigenvalue weighted by atomic mass is 9.98. The molecule has 7 aromatic rings. The highest BCUT2D eigenvalue weighted by atomic mass is 16.6. The first-order valence-electron chi connectivity index (χ1n) is 45.2. The van der Waals surface area contributed by atoms with Crippen LogP contribution in [0.1, 0.15) is 119 Å². The molecule has 22 heteroatoms. The van der Waals surface area contributed by atoms with Gasteiger partial charge in [0.2, 0.25) is 0 Å². The van der Waals surface area contributed by atoms with Gasteiger partial charge in [0.25, 0.3) is 0 Å². The molecule has 123 heavy (non-hydrogen) atoms. The molecule has 4 atom stereocenters. The number of aromatic nitrogens is 1. The van der Waals surface area contributed by atoms with E-state index in [0.717, 1.165) is 105 Å². The Morgan fingerprint density at radius 1 is 0.211 bits per heavy atom. The van der Waals surface area contributed by atoms with Crippen LogP contribution < -0.4 is 14.2 Å². The largest absolute Gasteiger partial charge is 0.494 e. The maximum absolute atomic E-state index is 7.06. The number of methoxy groups -OCH3 is 4. The second-order valence-corrected chi connectivity index (χ2v) is 31.4. The van der Waals surface area contributed by atoms with E-state index in [-0.39, 0.29) is 62.0 Å². The summed E-state index contributed by atoms with van der Waals surface area (Å²) in [7, 11) is 6.62. The number of benzene rings is 6. The molecule has 0 radical (unpaired) electrons. The van der Waals surface area contributed by atoms with E-state index in [2.05, 4.69) is 159 Å². The van der Waals surface area contributed by atoms with E-state index in [9.17, 15) is 0 Å². The van der Waals surface area contributed by atoms with Crippen LogP contribution in [0.3, 0.4) is 0 Å². The zero-order valence-corrected chi connectivity index (χ0v) is 76.0. The Bertz CT molecular complexity index is 3380. The first kappa shape index (κ1) is 103. The zero-order chi connectivity index (χ0) is 87.0. The average molecular weight is 1710 g/mol. The summed E-state index contributed by atoms with van der Waals surface area (Å²) in [5, 5.41) is 0. The number of hydrogen-bond donors (Lipinski definition) is 0. The summed E-state index contributed by atoms with van der Waals surface area (Å²) in [5.74, 6) is 1.84. The molecule has 0 N–H and O–H groups in total. The molecule has 0 aliphatic rings. The summed E-state index contributed by atoms with van der Waals surface area (Å²) < 4.78 is 126. The van der Waals surface area contributed by atoms with E-state index >= 15 is 0 Å². The van der Waals surface area contributed by atoms with Crippen molar-refractivity contribution in [3.8, 4) is 84.3 Å². The molecule has 0 fully saturated rings. The van der Waals surface area contributed by atoms with Gasteiger partial charge in [0, 0.05) is 69.5 Å². The molecular formula is C101H149NO21. The number of ether oxygens (including phenoxy) is 21. The van der Waals surface area contributed by atoms with E-state index in [4.69, 9.17) is 104 Å². The van der Waals surface area contributed by atoms with Gasteiger partial charge in [-0.15, -0.1) is 0 Å². The van der Waals surface area contributed by atoms with Crippen LogP contribution in [0.25, 0.3) is 67.0 Å². The summed E-state index contributed by atoms with van der Waals surface area (Å²) in [6.07, 6.45) is 13.9. The molecule has 0 bridgehead atoms. The van der Waals surface area contributed by atoms with E-state index in [1.165, 1.54) is 64.2 Å². The Morgan fingerprint density at radius 2 is 0.447 bits per heavy atom. The molecule has 0 amide bonds. The Kier molecular flexibility index (Phi) is 55.8. The third-order valence-electron chi connectivity index (χ3n) is 20.5. The second-order valence-electron chi connectivity index (χ2n) is 31.4. The van der Waals surface area contributed by atoms with E-state index < -0.39 is 0 Å². The second kappa shape index (κ2) is 66.6. The predicted molar refractivity (Wildman–Crippen MR) is 488 cm³/mol. The quantitative estimate of drug-likeness (QED) is 0.0325. The lowest BCUT2D eigenvalue weighted by Crippen LogP contribution is -2.32. The Balaban J connectivity index is 1.14. The van der Waals surface area contributed by atoms with Crippen molar-refractivity contribution in [1.29, 1.82) is 0 Å². The van der Waals surface area contributed by atoms with Crippen LogP contribution >= 0.6 is 0 Å². The Morgan fingerprint density at radius 3 is 0.724 bits per heavy atom. The minimum Gasteiger partial charge on any atom is -0.494 e. The average Bonchev–Trinajstić information content (AvgIpc) is 0.801. The van der Waals surface area contributed by atoms with Crippen molar-refractivity contribution in [2.24, 2.45) is 17.8 Å². The van der Waals surface area contributed by atoms with E-state index in [0.29, 0.717) is 178 Å². The number of hydrogen-bond acceptors (Lipinski definition) is 22. The molecule has 0 saturated carbocycles. The summed E-state index contributed by atoms with van der Waals surface area (Å²) in [5.41, 5.74) is 12.3. The van der Waals surface area contributed by atoms with E-state index in [1.807, 2.05) is 39.8 Å². The molecule has 22 nitrogen and oxygen atoms in total. The van der Waals surface area contributed by atoms with Gasteiger partial charge in [0.1, 0.15) is 17.2 Å². The third-order valence-corrected chi connectivity index (χ3v) is 20.5. The van der Waals surface area contributed by atoms with Crippen LogP contribution in [-0.4, -0.2) is 263 Å². The summed E-state index contributed by atoms with van der Waals surface area (Å²) in [4.78, 5) is 5.41. The van der Waals surface area contributed by atoms with Crippen LogP contribution in [-0.2, 0) is 85.3 Å². The number of pyridine rings is 1. The highest BCUT2D eigenvalue weighted by molar-refractivity contribution is 5.76. The number of nitrogens with zero attached hydrogens (tertiary/aromatic N) is 1. The van der Waals surface area contributed by atoms with Crippen LogP contribution in [0.4, 0.5) is 0 Å². The normalized spacial score (nSPS) is 12.8. The lowest BCUT2D eigenvalue weighted by Gasteiger charge is -2.25. The van der Waals surface area contributed by atoms with Gasteiger partial charge in [-0.25, -0.2) is 4.98 Å². The van der Waals surface area contributed by atoms with Crippen molar-refractivity contribution in [2.75, 3.05) is 233 Å². The lowest BCUT2D eigenvalue weighted by molar-refractivity contribution is -0.0869. The van der Waals surface area contributed by atoms with Gasteiger partial charge >= 0.3 is 0 Å². The number of rotatable bonds is 77. The molecule has 0 aliphatic carbocycles. The van der Waals surface area contributed by atoms with Crippen LogP contribution in [0.15, 0.2) is 158 Å². The minimum atomic E-state index is -0.277. The standard InChI is InChI=1S/C101H149NO21/c1-11-13-15-17-19-21-47-117-97-43-39-93(40-44-97)89-27-23-87(24-28-89)91-31-35-95(36-32-91)100-65-99(66-101(102-100)96-37-33-92(34-38-96)88-25-29-90(30-26-88)94-41-45-98(46-42-94)118-48-22-20-18-16-14-12-2)123-79-84(71-115-73-85(75-119-80(3)67-111-61-57-107-53-49-103-7)76-120-81(4)68-112-62-58-108-54-50-104-8)72-116-74-86(77-121-82(5)69-113-63-59-109-55-51-105-9)78-122-83(6)70-114-64-60-110-56-52-106-10/h23-46,65-66,80-86H,11-22,47-64,67-79H2,1-10H3/t80-,81-,82-,83-/m0/s1. The maximum Gasteiger partial charge on any atom is 0.123 e. The molecule has 0 unspecified atom stereocenters. The fraction of sp³-hybridized carbons (Fsp3) is 0.594. The van der Waals surface area contributed by atoms with Crippen molar-refractivity contribution in [3.05, 3.63) is 158 Å². The highest BCUT2D eigenvalue weighted by Gasteiger charge is 2.22. The molecule has 1 heterocycles. The minimum absolute atomic E-state index is 0.165. The smallest absolute Gasteiger partial charge is 0.123 e. The van der Waals surface area contributed by atoms with E-state index in [1.54, 1.807) is 28.4 Å². The first-order valence-corrected chi connectivity index (χ1v) is 45.2. The molecule has 0 aliphatic heterocycles. The highest BCUT2D eigenvalue weighted by Crippen LogP contribution is 2.34. The molecule has 1 aromatic heterocycles. The molecule has 6 aromatic carbocycles. The van der Waals surface area contributed by atoms with Crippen molar-refractivity contribution in [2.45, 2.75) is 143 Å². The van der Waals surface area contributed by atoms with Gasteiger partial charge < -0.3 is 99.5 Å².